The Labute approximate surface area is 193 Å². The number of hydrogen-bond donors (Lipinski definition) is 1. The number of carbonyl (C=O) groups excluding carboxylic acids is 1. The molecule has 0 spiro atoms. The number of rotatable bonds is 25. The summed E-state index contributed by atoms with van der Waals surface area (Å²) in [6.07, 6.45) is 24.1. The molecule has 0 aliphatic carbocycles. The normalized spacial score (nSPS) is 12.2. The maximum absolute atomic E-state index is 11.9. The number of aliphatic hydroxyl groups is 1. The molecule has 0 aromatic heterocycles. The van der Waals surface area contributed by atoms with E-state index in [-0.39, 0.29) is 12.6 Å². The molecule has 0 saturated carbocycles. The molecule has 0 aromatic rings. The van der Waals surface area contributed by atoms with Crippen LogP contribution in [-0.2, 0) is 14.3 Å². The first-order valence-corrected chi connectivity index (χ1v) is 13.6. The van der Waals surface area contributed by atoms with E-state index in [1.54, 1.807) is 0 Å². The van der Waals surface area contributed by atoms with E-state index in [4.69, 9.17) is 9.47 Å². The van der Waals surface area contributed by atoms with Gasteiger partial charge < -0.3 is 14.6 Å². The summed E-state index contributed by atoms with van der Waals surface area (Å²) in [4.78, 5) is 11.9. The molecule has 1 N–H and O–H groups in total. The fourth-order valence-electron chi connectivity index (χ4n) is 3.86. The number of ether oxygens (including phenoxy) is 2. The van der Waals surface area contributed by atoms with Crippen LogP contribution >= 0.6 is 0 Å². The van der Waals surface area contributed by atoms with Crippen molar-refractivity contribution < 1.29 is 19.4 Å². The van der Waals surface area contributed by atoms with Crippen molar-refractivity contribution in [3.63, 3.8) is 0 Å². The first kappa shape index (κ1) is 30.4. The van der Waals surface area contributed by atoms with Crippen LogP contribution < -0.4 is 0 Å². The Kier molecular flexibility index (Phi) is 25.1. The Balaban J connectivity index is 3.41. The van der Waals surface area contributed by atoms with Crippen molar-refractivity contribution in [1.29, 1.82) is 0 Å². The van der Waals surface area contributed by atoms with Gasteiger partial charge in [-0.2, -0.15) is 0 Å². The average Bonchev–Trinajstić information content (AvgIpc) is 2.77. The Morgan fingerprint density at radius 1 is 0.645 bits per heavy atom. The first-order valence-electron chi connectivity index (χ1n) is 13.6. The molecule has 0 rings (SSSR count). The number of carbonyl (C=O) groups is 1. The van der Waals surface area contributed by atoms with Crippen molar-refractivity contribution in [2.45, 2.75) is 148 Å². The summed E-state index contributed by atoms with van der Waals surface area (Å²) >= 11 is 0. The van der Waals surface area contributed by atoms with Gasteiger partial charge in [0.15, 0.2) is 0 Å². The topological polar surface area (TPSA) is 55.8 Å². The molecule has 0 amide bonds. The Bertz CT molecular complexity index is 359. The molecule has 31 heavy (non-hydrogen) atoms. The minimum Gasteiger partial charge on any atom is -0.457 e. The van der Waals surface area contributed by atoms with Gasteiger partial charge in [-0.1, -0.05) is 123 Å². The zero-order valence-corrected chi connectivity index (χ0v) is 21.0. The van der Waals surface area contributed by atoms with E-state index in [0.717, 1.165) is 19.3 Å². The van der Waals surface area contributed by atoms with Crippen LogP contribution in [0.2, 0.25) is 0 Å². The van der Waals surface area contributed by atoms with Crippen molar-refractivity contribution in [3.05, 3.63) is 0 Å². The first-order chi connectivity index (χ1) is 15.2. The summed E-state index contributed by atoms with van der Waals surface area (Å²) in [5.41, 5.74) is 0. The van der Waals surface area contributed by atoms with Gasteiger partial charge in [0.05, 0.1) is 13.2 Å². The largest absolute Gasteiger partial charge is 0.457 e. The average molecular weight is 443 g/mol. The maximum atomic E-state index is 11.9. The molecule has 1 unspecified atom stereocenters. The second-order valence-electron chi connectivity index (χ2n) is 9.13. The summed E-state index contributed by atoms with van der Waals surface area (Å²) in [6.45, 7) is 5.31. The van der Waals surface area contributed by atoms with E-state index in [1.165, 1.54) is 103 Å². The highest BCUT2D eigenvalue weighted by Gasteiger charge is 2.13. The van der Waals surface area contributed by atoms with Gasteiger partial charge in [-0.25, -0.2) is 0 Å². The standard InChI is InChI=1S/C27H54O4/c1-3-5-7-9-11-12-13-14-15-17-19-21-23-30-25-26(24-28)31-27(29)22-20-18-16-10-8-6-4-2/h26,28H,3-25H2,1-2H3. The van der Waals surface area contributed by atoms with Gasteiger partial charge in [0.1, 0.15) is 6.10 Å². The van der Waals surface area contributed by atoms with Crippen molar-refractivity contribution in [1.82, 2.24) is 0 Å². The van der Waals surface area contributed by atoms with Crippen molar-refractivity contribution in [2.24, 2.45) is 0 Å². The fourth-order valence-corrected chi connectivity index (χ4v) is 3.86. The molecule has 0 radical (unpaired) electrons. The van der Waals surface area contributed by atoms with Crippen LogP contribution in [0.4, 0.5) is 0 Å². The molecule has 4 heteroatoms. The predicted molar refractivity (Wildman–Crippen MR) is 131 cm³/mol. The Morgan fingerprint density at radius 2 is 1.06 bits per heavy atom. The van der Waals surface area contributed by atoms with E-state index in [1.807, 2.05) is 0 Å². The highest BCUT2D eigenvalue weighted by Crippen LogP contribution is 2.12. The third kappa shape index (κ3) is 23.9. The number of aliphatic hydroxyl groups excluding tert-OH is 1. The quantitative estimate of drug-likeness (QED) is 0.116. The molecular formula is C27H54O4. The summed E-state index contributed by atoms with van der Waals surface area (Å²) in [7, 11) is 0. The lowest BCUT2D eigenvalue weighted by Gasteiger charge is -2.15. The number of hydrogen-bond acceptors (Lipinski definition) is 4. The monoisotopic (exact) mass is 442 g/mol. The van der Waals surface area contributed by atoms with Crippen LogP contribution in [0.1, 0.15) is 142 Å². The number of esters is 1. The molecule has 0 bridgehead atoms. The minimum absolute atomic E-state index is 0.165. The highest BCUT2D eigenvalue weighted by molar-refractivity contribution is 5.69. The Morgan fingerprint density at radius 3 is 1.52 bits per heavy atom. The zero-order valence-electron chi connectivity index (χ0n) is 21.0. The summed E-state index contributed by atoms with van der Waals surface area (Å²) in [5, 5.41) is 9.41. The smallest absolute Gasteiger partial charge is 0.306 e. The molecule has 0 fully saturated rings. The van der Waals surface area contributed by atoms with Crippen LogP contribution in [0, 0.1) is 0 Å². The molecule has 0 aliphatic heterocycles. The summed E-state index contributed by atoms with van der Waals surface area (Å²) < 4.78 is 11.0. The van der Waals surface area contributed by atoms with E-state index in [9.17, 15) is 9.90 Å². The lowest BCUT2D eigenvalue weighted by molar-refractivity contribution is -0.154. The second-order valence-corrected chi connectivity index (χ2v) is 9.13. The molecular weight excluding hydrogens is 388 g/mol. The van der Waals surface area contributed by atoms with Crippen LogP contribution in [0.5, 0.6) is 0 Å². The van der Waals surface area contributed by atoms with Gasteiger partial charge in [0.2, 0.25) is 0 Å². The van der Waals surface area contributed by atoms with E-state index in [2.05, 4.69) is 13.8 Å². The minimum atomic E-state index is -0.519. The van der Waals surface area contributed by atoms with E-state index >= 15 is 0 Å². The second kappa shape index (κ2) is 25.6. The van der Waals surface area contributed by atoms with E-state index in [0.29, 0.717) is 19.6 Å². The molecule has 4 nitrogen and oxygen atoms in total. The third-order valence-electron chi connectivity index (χ3n) is 5.93. The van der Waals surface area contributed by atoms with Crippen molar-refractivity contribution in [2.75, 3.05) is 19.8 Å². The van der Waals surface area contributed by atoms with Crippen LogP contribution in [-0.4, -0.2) is 37.0 Å². The van der Waals surface area contributed by atoms with Crippen molar-refractivity contribution in [3.8, 4) is 0 Å². The van der Waals surface area contributed by atoms with Gasteiger partial charge >= 0.3 is 5.97 Å². The van der Waals surface area contributed by atoms with Gasteiger partial charge in [-0.3, -0.25) is 4.79 Å². The Hall–Kier alpha value is -0.610. The van der Waals surface area contributed by atoms with Gasteiger partial charge in [0, 0.05) is 13.0 Å². The van der Waals surface area contributed by atoms with Gasteiger partial charge in [0.25, 0.3) is 0 Å². The van der Waals surface area contributed by atoms with Crippen LogP contribution in [0.25, 0.3) is 0 Å². The molecule has 0 aromatic carbocycles. The molecule has 0 aliphatic rings. The lowest BCUT2D eigenvalue weighted by Crippen LogP contribution is -2.27. The fraction of sp³-hybridized carbons (Fsp3) is 0.963. The lowest BCUT2D eigenvalue weighted by atomic mass is 10.1. The zero-order chi connectivity index (χ0) is 22.8. The predicted octanol–water partition coefficient (Wildman–Crippen LogP) is 7.75. The van der Waals surface area contributed by atoms with Crippen LogP contribution in [0.3, 0.4) is 0 Å². The van der Waals surface area contributed by atoms with Crippen molar-refractivity contribution >= 4 is 5.97 Å². The van der Waals surface area contributed by atoms with Crippen LogP contribution in [0.15, 0.2) is 0 Å². The summed E-state index contributed by atoms with van der Waals surface area (Å²) in [6, 6.07) is 0. The summed E-state index contributed by atoms with van der Waals surface area (Å²) in [5.74, 6) is -0.207. The highest BCUT2D eigenvalue weighted by atomic mass is 16.6. The molecule has 0 saturated heterocycles. The molecule has 0 heterocycles. The third-order valence-corrected chi connectivity index (χ3v) is 5.93. The van der Waals surface area contributed by atoms with E-state index < -0.39 is 6.10 Å². The van der Waals surface area contributed by atoms with Gasteiger partial charge in [-0.05, 0) is 12.8 Å². The molecule has 186 valence electrons. The SMILES string of the molecule is CCCCCCCCCCCCCCOCC(CO)OC(=O)CCCCCCCCC. The van der Waals surface area contributed by atoms with Gasteiger partial charge in [-0.15, -0.1) is 0 Å². The maximum Gasteiger partial charge on any atom is 0.306 e. The number of unbranched alkanes of at least 4 members (excludes halogenated alkanes) is 17. The molecule has 1 atom stereocenters.